The lowest BCUT2D eigenvalue weighted by Crippen LogP contribution is -2.18. The summed E-state index contributed by atoms with van der Waals surface area (Å²) < 4.78 is 5.51. The number of nitrogens with zero attached hydrogens (tertiary/aromatic N) is 1. The summed E-state index contributed by atoms with van der Waals surface area (Å²) in [5.41, 5.74) is 0.856. The number of rotatable bonds is 7. The molecule has 1 fully saturated rings. The molecular weight excluding hydrogens is 274 g/mol. The molecule has 1 atom stereocenters. The van der Waals surface area contributed by atoms with Crippen LogP contribution in [0.15, 0.2) is 18.3 Å². The zero-order chi connectivity index (χ0) is 15.1. The van der Waals surface area contributed by atoms with Crippen LogP contribution in [0.1, 0.15) is 25.7 Å². The Kier molecular flexibility index (Phi) is 5.51. The Morgan fingerprint density at radius 1 is 1.38 bits per heavy atom. The van der Waals surface area contributed by atoms with E-state index >= 15 is 0 Å². The highest BCUT2D eigenvalue weighted by atomic mass is 16.5. The van der Waals surface area contributed by atoms with Crippen LogP contribution >= 0.6 is 0 Å². The summed E-state index contributed by atoms with van der Waals surface area (Å²) >= 11 is 0. The first kappa shape index (κ1) is 15.2. The molecule has 1 amide bonds. The highest BCUT2D eigenvalue weighted by Crippen LogP contribution is 2.14. The summed E-state index contributed by atoms with van der Waals surface area (Å²) in [6.45, 7) is 1.57. The van der Waals surface area contributed by atoms with Gasteiger partial charge in [-0.25, -0.2) is 4.98 Å². The number of pyridine rings is 1. The monoisotopic (exact) mass is 293 g/mol. The number of nitrogens with one attached hydrogen (secondary N) is 2. The summed E-state index contributed by atoms with van der Waals surface area (Å²) in [7, 11) is 0. The molecule has 0 bridgehead atoms. The van der Waals surface area contributed by atoms with E-state index in [4.69, 9.17) is 9.84 Å². The van der Waals surface area contributed by atoms with Gasteiger partial charge >= 0.3 is 5.97 Å². The molecule has 114 valence electrons. The van der Waals surface area contributed by atoms with Crippen LogP contribution in [0, 0.1) is 0 Å². The first-order valence-corrected chi connectivity index (χ1v) is 6.96. The zero-order valence-electron chi connectivity index (χ0n) is 11.7. The third kappa shape index (κ3) is 5.39. The normalized spacial score (nSPS) is 17.4. The fourth-order valence-corrected chi connectivity index (χ4v) is 2.04. The molecule has 1 saturated heterocycles. The molecule has 1 aliphatic rings. The van der Waals surface area contributed by atoms with Gasteiger partial charge in [0.15, 0.2) is 0 Å². The summed E-state index contributed by atoms with van der Waals surface area (Å²) in [5.74, 6) is -0.940. The topological polar surface area (TPSA) is 101 Å². The number of amides is 1. The first-order valence-electron chi connectivity index (χ1n) is 6.96. The number of aliphatic carboxylic acids is 1. The fourth-order valence-electron chi connectivity index (χ4n) is 2.04. The highest BCUT2D eigenvalue weighted by Gasteiger charge is 2.14. The first-order chi connectivity index (χ1) is 10.1. The van der Waals surface area contributed by atoms with Crippen molar-refractivity contribution in [2.45, 2.75) is 31.8 Å². The maximum absolute atomic E-state index is 11.5. The molecule has 1 aliphatic heterocycles. The Balaban J connectivity index is 1.75. The van der Waals surface area contributed by atoms with Crippen molar-refractivity contribution in [3.63, 3.8) is 0 Å². The standard InChI is InChI=1S/C14H19N3O4/c18-13(5-6-14(19)20)17-12-4-3-10(8-16-12)15-9-11-2-1-7-21-11/h3-4,8,11,15H,1-2,5-7,9H2,(H,19,20)(H,16,17,18). The van der Waals surface area contributed by atoms with Gasteiger partial charge < -0.3 is 20.5 Å². The summed E-state index contributed by atoms with van der Waals surface area (Å²) in [4.78, 5) is 25.9. The molecule has 1 aromatic rings. The van der Waals surface area contributed by atoms with Gasteiger partial charge in [-0.3, -0.25) is 9.59 Å². The summed E-state index contributed by atoms with van der Waals surface area (Å²) in [5, 5.41) is 14.3. The molecule has 2 heterocycles. The average Bonchev–Trinajstić information content (AvgIpc) is 2.98. The van der Waals surface area contributed by atoms with Gasteiger partial charge in [0.2, 0.25) is 5.91 Å². The Bertz CT molecular complexity index is 483. The number of aromatic nitrogens is 1. The van der Waals surface area contributed by atoms with Crippen LogP contribution in [0.25, 0.3) is 0 Å². The third-order valence-electron chi connectivity index (χ3n) is 3.15. The Labute approximate surface area is 122 Å². The number of carboxylic acid groups (broad SMARTS) is 1. The van der Waals surface area contributed by atoms with Crippen molar-refractivity contribution in [3.05, 3.63) is 18.3 Å². The predicted octanol–water partition coefficient (Wildman–Crippen LogP) is 1.48. The highest BCUT2D eigenvalue weighted by molar-refractivity contribution is 5.91. The minimum atomic E-state index is -0.994. The van der Waals surface area contributed by atoms with E-state index in [9.17, 15) is 9.59 Å². The molecule has 0 aliphatic carbocycles. The van der Waals surface area contributed by atoms with Crippen LogP contribution in [0.4, 0.5) is 11.5 Å². The van der Waals surface area contributed by atoms with E-state index in [2.05, 4.69) is 15.6 Å². The van der Waals surface area contributed by atoms with Crippen molar-refractivity contribution in [1.29, 1.82) is 0 Å². The average molecular weight is 293 g/mol. The van der Waals surface area contributed by atoms with Crippen LogP contribution < -0.4 is 10.6 Å². The Morgan fingerprint density at radius 3 is 2.86 bits per heavy atom. The molecule has 0 radical (unpaired) electrons. The second-order valence-electron chi connectivity index (χ2n) is 4.89. The summed E-state index contributed by atoms with van der Waals surface area (Å²) in [6.07, 6.45) is 3.80. The maximum atomic E-state index is 11.5. The van der Waals surface area contributed by atoms with Gasteiger partial charge in [0.25, 0.3) is 0 Å². The van der Waals surface area contributed by atoms with E-state index in [0.717, 1.165) is 31.7 Å². The minimum absolute atomic E-state index is 0.0595. The van der Waals surface area contributed by atoms with Gasteiger partial charge in [-0.15, -0.1) is 0 Å². The number of carbonyl (C=O) groups excluding carboxylic acids is 1. The third-order valence-corrected chi connectivity index (χ3v) is 3.15. The molecule has 2 rings (SSSR count). The molecule has 1 unspecified atom stereocenters. The van der Waals surface area contributed by atoms with Crippen LogP contribution in [0.5, 0.6) is 0 Å². The van der Waals surface area contributed by atoms with Crippen molar-refractivity contribution in [2.75, 3.05) is 23.8 Å². The maximum Gasteiger partial charge on any atom is 0.303 e. The number of hydrogen-bond donors (Lipinski definition) is 3. The SMILES string of the molecule is O=C(O)CCC(=O)Nc1ccc(NCC2CCCO2)cn1. The van der Waals surface area contributed by atoms with Gasteiger partial charge in [-0.2, -0.15) is 0 Å². The molecule has 0 aromatic carbocycles. The number of anilines is 2. The molecule has 7 heteroatoms. The fraction of sp³-hybridized carbons (Fsp3) is 0.500. The Hall–Kier alpha value is -2.15. The van der Waals surface area contributed by atoms with Crippen molar-refractivity contribution in [1.82, 2.24) is 4.98 Å². The van der Waals surface area contributed by atoms with E-state index in [0.29, 0.717) is 5.82 Å². The molecular formula is C14H19N3O4. The zero-order valence-corrected chi connectivity index (χ0v) is 11.7. The van der Waals surface area contributed by atoms with Gasteiger partial charge in [0.1, 0.15) is 5.82 Å². The van der Waals surface area contributed by atoms with Gasteiger partial charge in [-0.05, 0) is 25.0 Å². The number of hydrogen-bond acceptors (Lipinski definition) is 5. The van der Waals surface area contributed by atoms with Gasteiger partial charge in [0.05, 0.1) is 24.4 Å². The molecule has 0 spiro atoms. The summed E-state index contributed by atoms with van der Waals surface area (Å²) in [6, 6.07) is 3.49. The van der Waals surface area contributed by atoms with Crippen LogP contribution in [0.3, 0.4) is 0 Å². The van der Waals surface area contributed by atoms with Crippen molar-refractivity contribution < 1.29 is 19.4 Å². The van der Waals surface area contributed by atoms with Crippen molar-refractivity contribution in [3.8, 4) is 0 Å². The number of ether oxygens (including phenoxy) is 1. The van der Waals surface area contributed by atoms with E-state index in [1.807, 2.05) is 6.07 Å². The van der Waals surface area contributed by atoms with Crippen LogP contribution in [-0.2, 0) is 14.3 Å². The van der Waals surface area contributed by atoms with Crippen LogP contribution in [-0.4, -0.2) is 41.2 Å². The van der Waals surface area contributed by atoms with E-state index in [1.165, 1.54) is 0 Å². The van der Waals surface area contributed by atoms with Gasteiger partial charge in [-0.1, -0.05) is 0 Å². The number of carbonyl (C=O) groups is 2. The molecule has 21 heavy (non-hydrogen) atoms. The molecule has 7 nitrogen and oxygen atoms in total. The van der Waals surface area contributed by atoms with E-state index in [1.54, 1.807) is 12.3 Å². The lowest BCUT2D eigenvalue weighted by Gasteiger charge is -2.12. The van der Waals surface area contributed by atoms with Crippen LogP contribution in [0.2, 0.25) is 0 Å². The molecule has 0 saturated carbocycles. The van der Waals surface area contributed by atoms with Crippen molar-refractivity contribution >= 4 is 23.4 Å². The number of carboxylic acids is 1. The molecule has 1 aromatic heterocycles. The van der Waals surface area contributed by atoms with E-state index < -0.39 is 5.97 Å². The lowest BCUT2D eigenvalue weighted by molar-refractivity contribution is -0.138. The Morgan fingerprint density at radius 2 is 2.24 bits per heavy atom. The molecule has 3 N–H and O–H groups in total. The second kappa shape index (κ2) is 7.58. The van der Waals surface area contributed by atoms with Gasteiger partial charge in [0, 0.05) is 19.6 Å². The lowest BCUT2D eigenvalue weighted by atomic mass is 10.2. The van der Waals surface area contributed by atoms with Crippen molar-refractivity contribution in [2.24, 2.45) is 0 Å². The van der Waals surface area contributed by atoms with E-state index in [-0.39, 0.29) is 24.9 Å². The smallest absolute Gasteiger partial charge is 0.303 e. The predicted molar refractivity (Wildman–Crippen MR) is 77.2 cm³/mol. The second-order valence-corrected chi connectivity index (χ2v) is 4.89. The largest absolute Gasteiger partial charge is 0.481 e. The minimum Gasteiger partial charge on any atom is -0.481 e. The quantitative estimate of drug-likeness (QED) is 0.704.